The van der Waals surface area contributed by atoms with Crippen LogP contribution in [0, 0.1) is 11.3 Å². The summed E-state index contributed by atoms with van der Waals surface area (Å²) in [5, 5.41) is 14.5. The molecule has 1 amide bonds. The van der Waals surface area contributed by atoms with E-state index in [9.17, 15) is 9.90 Å². The molecule has 1 saturated carbocycles. The van der Waals surface area contributed by atoms with Crippen LogP contribution in [0.25, 0.3) is 5.65 Å². The van der Waals surface area contributed by atoms with E-state index in [1.54, 1.807) is 10.8 Å². The van der Waals surface area contributed by atoms with Crippen molar-refractivity contribution < 1.29 is 9.90 Å². The number of β-amino-alcohol motifs (C(OH)–C–C–N with tert-alkyl or cyclic N) is 1. The number of aliphatic hydroxyl groups excluding tert-OH is 1. The second-order valence-corrected chi connectivity index (χ2v) is 8.67. The highest BCUT2D eigenvalue weighted by molar-refractivity contribution is 5.84. The molecular formula is C20H27N5O2. The molecule has 5 rings (SSSR count). The van der Waals surface area contributed by atoms with E-state index in [-0.39, 0.29) is 11.5 Å². The maximum atomic E-state index is 13.2. The highest BCUT2D eigenvalue weighted by atomic mass is 16.3. The molecule has 4 heterocycles. The van der Waals surface area contributed by atoms with Crippen molar-refractivity contribution in [3.05, 3.63) is 30.2 Å². The number of pyridine rings is 1. The third kappa shape index (κ3) is 3.34. The molecule has 3 fully saturated rings. The van der Waals surface area contributed by atoms with Crippen LogP contribution in [0.1, 0.15) is 37.7 Å². The number of hydrogen-bond acceptors (Lipinski definition) is 5. The predicted molar refractivity (Wildman–Crippen MR) is 99.9 cm³/mol. The van der Waals surface area contributed by atoms with Gasteiger partial charge in [-0.1, -0.05) is 0 Å². The molecule has 1 unspecified atom stereocenters. The number of fused-ring (bicyclic) bond motifs is 1. The molecular weight excluding hydrogens is 342 g/mol. The van der Waals surface area contributed by atoms with Gasteiger partial charge < -0.3 is 10.0 Å². The van der Waals surface area contributed by atoms with Gasteiger partial charge in [-0.15, -0.1) is 0 Å². The summed E-state index contributed by atoms with van der Waals surface area (Å²) in [4.78, 5) is 21.8. The van der Waals surface area contributed by atoms with Crippen molar-refractivity contribution in [1.29, 1.82) is 0 Å². The van der Waals surface area contributed by atoms with Crippen LogP contribution < -0.4 is 0 Å². The Morgan fingerprint density at radius 2 is 2.07 bits per heavy atom. The lowest BCUT2D eigenvalue weighted by Crippen LogP contribution is -2.57. The zero-order valence-electron chi connectivity index (χ0n) is 15.6. The molecule has 7 heteroatoms. The zero-order valence-corrected chi connectivity index (χ0v) is 15.6. The minimum Gasteiger partial charge on any atom is -0.391 e. The molecule has 27 heavy (non-hydrogen) atoms. The lowest BCUT2D eigenvalue weighted by molar-refractivity contribution is -0.157. The number of carbonyl (C=O) groups is 1. The fourth-order valence-corrected chi connectivity index (χ4v) is 4.82. The van der Waals surface area contributed by atoms with Gasteiger partial charge in [0.15, 0.2) is 5.65 Å². The van der Waals surface area contributed by atoms with Crippen LogP contribution in [0.5, 0.6) is 0 Å². The maximum absolute atomic E-state index is 13.2. The van der Waals surface area contributed by atoms with E-state index >= 15 is 0 Å². The lowest BCUT2D eigenvalue weighted by Gasteiger charge is -2.48. The summed E-state index contributed by atoms with van der Waals surface area (Å²) in [6.45, 7) is 4.03. The summed E-state index contributed by atoms with van der Waals surface area (Å²) in [5.74, 6) is 0.965. The summed E-state index contributed by atoms with van der Waals surface area (Å²) < 4.78 is 1.77. The lowest BCUT2D eigenvalue weighted by atomic mass is 9.70. The molecule has 2 saturated heterocycles. The van der Waals surface area contributed by atoms with Crippen LogP contribution in [-0.4, -0.2) is 67.7 Å². The van der Waals surface area contributed by atoms with Gasteiger partial charge in [-0.25, -0.2) is 9.50 Å². The third-order valence-electron chi connectivity index (χ3n) is 6.54. The van der Waals surface area contributed by atoms with Crippen molar-refractivity contribution in [3.63, 3.8) is 0 Å². The van der Waals surface area contributed by atoms with Crippen LogP contribution >= 0.6 is 0 Å². The van der Waals surface area contributed by atoms with Crippen molar-refractivity contribution in [1.82, 2.24) is 24.4 Å². The van der Waals surface area contributed by atoms with E-state index in [2.05, 4.69) is 27.1 Å². The van der Waals surface area contributed by atoms with Gasteiger partial charge in [-0.3, -0.25) is 9.69 Å². The van der Waals surface area contributed by atoms with Gasteiger partial charge in [0.1, 0.15) is 6.33 Å². The molecule has 2 aliphatic heterocycles. The number of rotatable bonds is 4. The Bertz CT molecular complexity index is 836. The maximum Gasteiger partial charge on any atom is 0.229 e. The van der Waals surface area contributed by atoms with Crippen molar-refractivity contribution >= 4 is 11.6 Å². The smallest absolute Gasteiger partial charge is 0.229 e. The van der Waals surface area contributed by atoms with Crippen LogP contribution in [0.2, 0.25) is 0 Å². The van der Waals surface area contributed by atoms with Crippen LogP contribution in [-0.2, 0) is 11.3 Å². The minimum atomic E-state index is -0.372. The molecule has 3 aliphatic rings. The Morgan fingerprint density at radius 3 is 2.85 bits per heavy atom. The summed E-state index contributed by atoms with van der Waals surface area (Å²) in [6.07, 6.45) is 7.93. The number of hydrogen-bond donors (Lipinski definition) is 1. The monoisotopic (exact) mass is 369 g/mol. The highest BCUT2D eigenvalue weighted by Gasteiger charge is 2.49. The zero-order chi connectivity index (χ0) is 18.4. The van der Waals surface area contributed by atoms with Gasteiger partial charge in [0.05, 0.1) is 11.5 Å². The van der Waals surface area contributed by atoms with Crippen LogP contribution in [0.4, 0.5) is 0 Å². The first-order valence-electron chi connectivity index (χ1n) is 10.1. The van der Waals surface area contributed by atoms with E-state index < -0.39 is 0 Å². The Kier molecular flexibility index (Phi) is 4.16. The van der Waals surface area contributed by atoms with Crippen molar-refractivity contribution in [2.75, 3.05) is 26.2 Å². The fourth-order valence-electron chi connectivity index (χ4n) is 4.82. The van der Waals surface area contributed by atoms with Gasteiger partial charge in [-0.05, 0) is 68.8 Å². The van der Waals surface area contributed by atoms with Gasteiger partial charge >= 0.3 is 0 Å². The van der Waals surface area contributed by atoms with Gasteiger partial charge in [0, 0.05) is 25.8 Å². The average molecular weight is 369 g/mol. The number of nitrogens with zero attached hydrogens (tertiary/aromatic N) is 5. The SMILES string of the molecule is O=C1N(CC2CC2)CC(O)CC12CCN(Cc1ccn3ncnc3c1)CC2. The number of amides is 1. The van der Waals surface area contributed by atoms with Gasteiger partial charge in [0.2, 0.25) is 5.91 Å². The first-order chi connectivity index (χ1) is 13.1. The Morgan fingerprint density at radius 1 is 1.26 bits per heavy atom. The molecule has 0 bridgehead atoms. The molecule has 7 nitrogen and oxygen atoms in total. The van der Waals surface area contributed by atoms with E-state index in [1.807, 2.05) is 11.1 Å². The first-order valence-corrected chi connectivity index (χ1v) is 10.1. The Hall–Kier alpha value is -1.99. The van der Waals surface area contributed by atoms with Crippen LogP contribution in [0.3, 0.4) is 0 Å². The van der Waals surface area contributed by atoms with E-state index in [0.29, 0.717) is 24.8 Å². The van der Waals surface area contributed by atoms with E-state index in [4.69, 9.17) is 0 Å². The topological polar surface area (TPSA) is 74.0 Å². The molecule has 1 spiro atoms. The molecule has 1 N–H and O–H groups in total. The van der Waals surface area contributed by atoms with E-state index in [1.165, 1.54) is 18.4 Å². The second kappa shape index (κ2) is 6.56. The molecule has 0 aromatic carbocycles. The number of likely N-dealkylation sites (tertiary alicyclic amines) is 2. The summed E-state index contributed by atoms with van der Waals surface area (Å²) >= 11 is 0. The number of aliphatic hydroxyl groups is 1. The average Bonchev–Trinajstić information content (AvgIpc) is 3.35. The molecule has 2 aromatic rings. The van der Waals surface area contributed by atoms with Crippen molar-refractivity contribution in [2.24, 2.45) is 11.3 Å². The minimum absolute atomic E-state index is 0.296. The largest absolute Gasteiger partial charge is 0.391 e. The Labute approximate surface area is 159 Å². The third-order valence-corrected chi connectivity index (χ3v) is 6.54. The quantitative estimate of drug-likeness (QED) is 0.880. The summed E-state index contributed by atoms with van der Waals surface area (Å²) in [6, 6.07) is 4.16. The molecule has 0 radical (unpaired) electrons. The van der Waals surface area contributed by atoms with E-state index in [0.717, 1.165) is 44.7 Å². The first kappa shape index (κ1) is 17.1. The normalized spacial score (nSPS) is 26.2. The van der Waals surface area contributed by atoms with Crippen molar-refractivity contribution in [3.8, 4) is 0 Å². The van der Waals surface area contributed by atoms with Gasteiger partial charge in [-0.2, -0.15) is 5.10 Å². The predicted octanol–water partition coefficient (Wildman–Crippen LogP) is 1.31. The molecule has 144 valence electrons. The number of aromatic nitrogens is 3. The summed E-state index contributed by atoms with van der Waals surface area (Å²) in [5.41, 5.74) is 1.74. The van der Waals surface area contributed by atoms with Crippen molar-refractivity contribution in [2.45, 2.75) is 44.8 Å². The Balaban J connectivity index is 1.24. The molecule has 1 aliphatic carbocycles. The van der Waals surface area contributed by atoms with Gasteiger partial charge in [0.25, 0.3) is 0 Å². The number of piperidine rings is 2. The highest BCUT2D eigenvalue weighted by Crippen LogP contribution is 2.42. The number of carbonyl (C=O) groups excluding carboxylic acids is 1. The fraction of sp³-hybridized carbons (Fsp3) is 0.650. The molecule has 1 atom stereocenters. The summed E-state index contributed by atoms with van der Waals surface area (Å²) in [7, 11) is 0. The molecule has 2 aromatic heterocycles. The standard InChI is InChI=1S/C20H27N5O2/c26-17-10-20(19(27)24(13-17)12-15-1-2-15)4-7-23(8-5-20)11-16-3-6-25-18(9-16)21-14-22-25/h3,6,9,14-15,17,26H,1-2,4-5,7-8,10-13H2. The second-order valence-electron chi connectivity index (χ2n) is 8.67. The van der Waals surface area contributed by atoms with Crippen LogP contribution in [0.15, 0.2) is 24.7 Å².